The molecule has 0 spiro atoms. The Morgan fingerprint density at radius 1 is 1.14 bits per heavy atom. The highest BCUT2D eigenvalue weighted by atomic mass is 16.6. The summed E-state index contributed by atoms with van der Waals surface area (Å²) in [7, 11) is 3.17. The van der Waals surface area contributed by atoms with E-state index in [0.717, 1.165) is 0 Å². The van der Waals surface area contributed by atoms with Gasteiger partial charge >= 0.3 is 12.1 Å². The molecular formula is C26H40N2O8. The summed E-state index contributed by atoms with van der Waals surface area (Å²) in [4.78, 5) is 39.0. The molecular weight excluding hydrogens is 468 g/mol. The number of ether oxygens (including phenoxy) is 4. The number of rotatable bonds is 11. The van der Waals surface area contributed by atoms with Gasteiger partial charge in [-0.1, -0.05) is 13.8 Å². The maximum absolute atomic E-state index is 13.3. The first-order valence-corrected chi connectivity index (χ1v) is 12.2. The second-order valence-corrected chi connectivity index (χ2v) is 10.2. The number of aliphatic carboxylic acids is 1. The summed E-state index contributed by atoms with van der Waals surface area (Å²) < 4.78 is 21.9. The summed E-state index contributed by atoms with van der Waals surface area (Å²) in [6.45, 7) is 10.4. The Morgan fingerprint density at radius 2 is 1.83 bits per heavy atom. The monoisotopic (exact) mass is 508 g/mol. The van der Waals surface area contributed by atoms with Gasteiger partial charge in [-0.25, -0.2) is 4.79 Å². The molecule has 0 radical (unpaired) electrons. The van der Waals surface area contributed by atoms with Crippen molar-refractivity contribution in [1.29, 1.82) is 0 Å². The van der Waals surface area contributed by atoms with Gasteiger partial charge in [0.25, 0.3) is 5.91 Å². The lowest BCUT2D eigenvalue weighted by Crippen LogP contribution is -2.37. The van der Waals surface area contributed by atoms with E-state index in [2.05, 4.69) is 5.32 Å². The van der Waals surface area contributed by atoms with Crippen LogP contribution in [0.3, 0.4) is 0 Å². The van der Waals surface area contributed by atoms with Gasteiger partial charge in [0.1, 0.15) is 5.60 Å². The van der Waals surface area contributed by atoms with Gasteiger partial charge in [-0.15, -0.1) is 0 Å². The second kappa shape index (κ2) is 12.8. The van der Waals surface area contributed by atoms with E-state index in [-0.39, 0.29) is 31.5 Å². The topological polar surface area (TPSA) is 124 Å². The molecule has 36 heavy (non-hydrogen) atoms. The fourth-order valence-corrected chi connectivity index (χ4v) is 4.19. The summed E-state index contributed by atoms with van der Waals surface area (Å²) >= 11 is 0. The second-order valence-electron chi connectivity index (χ2n) is 10.2. The zero-order valence-corrected chi connectivity index (χ0v) is 22.4. The number of hydrogen-bond donors (Lipinski definition) is 2. The van der Waals surface area contributed by atoms with E-state index in [9.17, 15) is 19.5 Å². The van der Waals surface area contributed by atoms with Gasteiger partial charge in [-0.2, -0.15) is 0 Å². The van der Waals surface area contributed by atoms with Crippen molar-refractivity contribution >= 4 is 18.0 Å². The minimum absolute atomic E-state index is 0.0318. The molecule has 2 N–H and O–H groups in total. The number of amides is 2. The fourth-order valence-electron chi connectivity index (χ4n) is 4.19. The van der Waals surface area contributed by atoms with Crippen LogP contribution in [0.15, 0.2) is 12.1 Å². The van der Waals surface area contributed by atoms with Crippen molar-refractivity contribution in [3.63, 3.8) is 0 Å². The Kier molecular flexibility index (Phi) is 10.4. The normalized spacial score (nSPS) is 17.7. The van der Waals surface area contributed by atoms with E-state index < -0.39 is 29.5 Å². The molecule has 2 amide bonds. The number of hydrogen-bond acceptors (Lipinski definition) is 7. The Labute approximate surface area is 213 Å². The molecule has 1 saturated heterocycles. The quantitative estimate of drug-likeness (QED) is 0.435. The van der Waals surface area contributed by atoms with Crippen molar-refractivity contribution in [3.8, 4) is 11.5 Å². The maximum atomic E-state index is 13.3. The van der Waals surface area contributed by atoms with Crippen LogP contribution in [0.1, 0.15) is 62.9 Å². The highest BCUT2D eigenvalue weighted by molar-refractivity contribution is 5.97. The van der Waals surface area contributed by atoms with Gasteiger partial charge < -0.3 is 34.3 Å². The lowest BCUT2D eigenvalue weighted by molar-refractivity contribution is -0.142. The minimum Gasteiger partial charge on any atom is -0.493 e. The van der Waals surface area contributed by atoms with E-state index in [1.165, 1.54) is 4.90 Å². The summed E-state index contributed by atoms with van der Waals surface area (Å²) in [5.74, 6) is -1.62. The molecule has 1 heterocycles. The lowest BCUT2D eigenvalue weighted by atomic mass is 9.93. The van der Waals surface area contributed by atoms with E-state index >= 15 is 0 Å². The molecule has 0 bridgehead atoms. The van der Waals surface area contributed by atoms with Crippen LogP contribution in [0.5, 0.6) is 11.5 Å². The summed E-state index contributed by atoms with van der Waals surface area (Å²) in [6.07, 6.45) is 0.120. The van der Waals surface area contributed by atoms with Crippen LogP contribution in [-0.2, 0) is 14.3 Å². The number of benzene rings is 1. The number of nitrogens with one attached hydrogen (secondary N) is 1. The van der Waals surface area contributed by atoms with Crippen molar-refractivity contribution in [2.24, 2.45) is 11.8 Å². The van der Waals surface area contributed by atoms with E-state index in [0.29, 0.717) is 42.3 Å². The van der Waals surface area contributed by atoms with Crippen LogP contribution in [0.4, 0.5) is 4.79 Å². The molecule has 10 heteroatoms. The Bertz CT molecular complexity index is 925. The molecule has 1 aromatic rings. The molecule has 0 aromatic heterocycles. The summed E-state index contributed by atoms with van der Waals surface area (Å²) in [5, 5.41) is 12.6. The van der Waals surface area contributed by atoms with Crippen LogP contribution in [0.2, 0.25) is 0 Å². The minimum atomic E-state index is -1.01. The molecule has 1 aliphatic heterocycles. The predicted molar refractivity (Wildman–Crippen MR) is 134 cm³/mol. The van der Waals surface area contributed by atoms with Crippen LogP contribution in [0, 0.1) is 11.8 Å². The molecule has 2 atom stereocenters. The van der Waals surface area contributed by atoms with Crippen molar-refractivity contribution in [2.75, 3.05) is 47.1 Å². The van der Waals surface area contributed by atoms with Gasteiger partial charge in [0.05, 0.1) is 19.6 Å². The van der Waals surface area contributed by atoms with Crippen molar-refractivity contribution in [2.45, 2.75) is 52.6 Å². The highest BCUT2D eigenvalue weighted by Gasteiger charge is 2.41. The zero-order chi connectivity index (χ0) is 27.0. The van der Waals surface area contributed by atoms with Gasteiger partial charge in [0.15, 0.2) is 11.5 Å². The fraction of sp³-hybridized carbons (Fsp3) is 0.654. The number of carboxylic acids is 1. The third-order valence-corrected chi connectivity index (χ3v) is 5.88. The first kappa shape index (κ1) is 29.2. The number of carbonyl (C=O) groups excluding carboxylic acids is 2. The van der Waals surface area contributed by atoms with Crippen molar-refractivity contribution in [1.82, 2.24) is 10.2 Å². The Morgan fingerprint density at radius 3 is 2.39 bits per heavy atom. The molecule has 1 fully saturated rings. The third kappa shape index (κ3) is 7.74. The Balaban J connectivity index is 2.19. The summed E-state index contributed by atoms with van der Waals surface area (Å²) in [6, 6.07) is 3.37. The summed E-state index contributed by atoms with van der Waals surface area (Å²) in [5.41, 5.74) is 0.454. The van der Waals surface area contributed by atoms with Crippen LogP contribution in [0.25, 0.3) is 0 Å². The molecule has 0 saturated carbocycles. The largest absolute Gasteiger partial charge is 0.493 e. The predicted octanol–water partition coefficient (Wildman–Crippen LogP) is 3.53. The molecule has 1 aliphatic rings. The number of carboxylic acid groups (broad SMARTS) is 1. The first-order valence-electron chi connectivity index (χ1n) is 12.2. The number of likely N-dealkylation sites (tertiary alicyclic amines) is 1. The van der Waals surface area contributed by atoms with Gasteiger partial charge in [0.2, 0.25) is 0 Å². The lowest BCUT2D eigenvalue weighted by Gasteiger charge is -2.24. The van der Waals surface area contributed by atoms with E-state index in [4.69, 9.17) is 18.9 Å². The van der Waals surface area contributed by atoms with Gasteiger partial charge in [-0.3, -0.25) is 9.59 Å². The molecule has 2 rings (SSSR count). The highest BCUT2D eigenvalue weighted by Crippen LogP contribution is 2.38. The Hall–Kier alpha value is -3.01. The van der Waals surface area contributed by atoms with Crippen LogP contribution >= 0.6 is 0 Å². The van der Waals surface area contributed by atoms with Gasteiger partial charge in [-0.05, 0) is 38.8 Å². The first-order chi connectivity index (χ1) is 16.9. The number of nitrogens with zero attached hydrogens (tertiary/aromatic N) is 1. The van der Waals surface area contributed by atoms with Crippen LogP contribution in [-0.4, -0.2) is 80.6 Å². The maximum Gasteiger partial charge on any atom is 0.410 e. The van der Waals surface area contributed by atoms with Crippen LogP contribution < -0.4 is 14.8 Å². The number of methoxy groups -OCH3 is 2. The van der Waals surface area contributed by atoms with E-state index in [1.807, 2.05) is 13.8 Å². The van der Waals surface area contributed by atoms with Crippen molar-refractivity contribution < 1.29 is 38.4 Å². The molecule has 202 valence electrons. The molecule has 1 aromatic carbocycles. The smallest absolute Gasteiger partial charge is 0.410 e. The molecule has 0 aliphatic carbocycles. The average molecular weight is 509 g/mol. The molecule has 10 nitrogen and oxygen atoms in total. The van der Waals surface area contributed by atoms with E-state index in [1.54, 1.807) is 47.1 Å². The van der Waals surface area contributed by atoms with Gasteiger partial charge in [0, 0.05) is 56.8 Å². The van der Waals surface area contributed by atoms with Crippen molar-refractivity contribution in [3.05, 3.63) is 23.3 Å². The standard InChI is InChI=1S/C26H40N2O8/c1-16(2)21-18(9-10-20(34-7)22(21)35-12-8-11-33-6)23(29)27-13-17-14-28(15-19(17)24(30)31)25(32)36-26(3,4)5/h9-10,16-17,19H,8,11-15H2,1-7H3,(H,27,29)(H,30,31)/t17-,19-/m1/s1. The molecule has 0 unspecified atom stereocenters. The zero-order valence-electron chi connectivity index (χ0n) is 22.4. The average Bonchev–Trinajstić information content (AvgIpc) is 3.23. The third-order valence-electron chi connectivity index (χ3n) is 5.88. The SMILES string of the molecule is COCCCOc1c(OC)ccc(C(=O)NC[C@@H]2CN(C(=O)OC(C)(C)C)C[C@H]2C(=O)O)c1C(C)C. The number of carbonyl (C=O) groups is 3.